The van der Waals surface area contributed by atoms with Crippen LogP contribution in [0, 0.1) is 0 Å². The Morgan fingerprint density at radius 2 is 2.00 bits per heavy atom. The highest BCUT2D eigenvalue weighted by Crippen LogP contribution is 2.32. The Kier molecular flexibility index (Phi) is 8.18. The van der Waals surface area contributed by atoms with Gasteiger partial charge in [-0.2, -0.15) is 0 Å². The minimum absolute atomic E-state index is 0.00731. The molecule has 0 aromatic heterocycles. The minimum Gasteiger partial charge on any atom is -0.489 e. The molecule has 0 unspecified atom stereocenters. The Morgan fingerprint density at radius 3 is 2.68 bits per heavy atom. The number of benzene rings is 1. The zero-order valence-electron chi connectivity index (χ0n) is 10.9. The fourth-order valence-corrected chi connectivity index (χ4v) is 2.13. The third-order valence-corrected chi connectivity index (χ3v) is 2.86. The molecule has 6 heteroatoms. The number of hydrogen-bond acceptors (Lipinski definition) is 4. The van der Waals surface area contributed by atoms with E-state index in [1.165, 1.54) is 0 Å². The highest BCUT2D eigenvalue weighted by atomic mass is 35.5. The average Bonchev–Trinajstić information content (AvgIpc) is 2.38. The lowest BCUT2D eigenvalue weighted by molar-refractivity contribution is 0.0703. The van der Waals surface area contributed by atoms with E-state index in [2.05, 4.69) is 5.32 Å². The van der Waals surface area contributed by atoms with Crippen molar-refractivity contribution in [1.82, 2.24) is 5.32 Å². The topological polar surface area (TPSA) is 50.7 Å². The quantitative estimate of drug-likeness (QED) is 0.688. The van der Waals surface area contributed by atoms with Crippen LogP contribution in [0.3, 0.4) is 0 Å². The first-order chi connectivity index (χ1) is 9.19. The molecule has 0 spiro atoms. The molecular weight excluding hydrogens is 289 g/mol. The van der Waals surface area contributed by atoms with Gasteiger partial charge in [-0.1, -0.05) is 30.1 Å². The van der Waals surface area contributed by atoms with Crippen LogP contribution in [-0.4, -0.2) is 38.1 Å². The van der Waals surface area contributed by atoms with Gasteiger partial charge in [0.15, 0.2) is 0 Å². The van der Waals surface area contributed by atoms with Crippen LogP contribution in [0.5, 0.6) is 5.75 Å². The summed E-state index contributed by atoms with van der Waals surface area (Å²) in [5.41, 5.74) is 0.918. The van der Waals surface area contributed by atoms with E-state index < -0.39 is 0 Å². The lowest BCUT2D eigenvalue weighted by Gasteiger charge is -2.14. The zero-order chi connectivity index (χ0) is 14.1. The van der Waals surface area contributed by atoms with Crippen LogP contribution in [0.25, 0.3) is 0 Å². The van der Waals surface area contributed by atoms with Crippen LogP contribution in [0.1, 0.15) is 12.5 Å². The molecule has 0 heterocycles. The van der Waals surface area contributed by atoms with Gasteiger partial charge in [-0.05, 0) is 18.7 Å². The predicted octanol–water partition coefficient (Wildman–Crippen LogP) is 2.49. The standard InChI is InChI=1S/C13H19Cl2NO3/c1-2-16-9-10-7-11(14)8-12(15)13(10)19-6-5-18-4-3-17/h7-8,16-17H,2-6,9H2,1H3. The molecule has 2 N–H and O–H groups in total. The van der Waals surface area contributed by atoms with Crippen molar-refractivity contribution in [2.24, 2.45) is 0 Å². The summed E-state index contributed by atoms with van der Waals surface area (Å²) in [5.74, 6) is 0.625. The molecule has 108 valence electrons. The van der Waals surface area contributed by atoms with Gasteiger partial charge in [0.2, 0.25) is 0 Å². The molecule has 0 atom stereocenters. The summed E-state index contributed by atoms with van der Waals surface area (Å²) in [7, 11) is 0. The SMILES string of the molecule is CCNCc1cc(Cl)cc(Cl)c1OCCOCCO. The van der Waals surface area contributed by atoms with Crippen molar-refractivity contribution in [3.8, 4) is 5.75 Å². The first-order valence-electron chi connectivity index (χ1n) is 6.19. The van der Waals surface area contributed by atoms with E-state index in [0.29, 0.717) is 42.2 Å². The first-order valence-corrected chi connectivity index (χ1v) is 6.94. The molecule has 1 aromatic carbocycles. The molecule has 0 saturated heterocycles. The highest BCUT2D eigenvalue weighted by molar-refractivity contribution is 6.35. The number of nitrogens with one attached hydrogen (secondary N) is 1. The van der Waals surface area contributed by atoms with Crippen molar-refractivity contribution in [1.29, 1.82) is 0 Å². The van der Waals surface area contributed by atoms with Gasteiger partial charge >= 0.3 is 0 Å². The maximum absolute atomic E-state index is 8.59. The lowest BCUT2D eigenvalue weighted by atomic mass is 10.2. The van der Waals surface area contributed by atoms with Gasteiger partial charge in [0, 0.05) is 17.1 Å². The molecule has 0 radical (unpaired) electrons. The fraction of sp³-hybridized carbons (Fsp3) is 0.538. The molecular formula is C13H19Cl2NO3. The molecule has 0 fully saturated rings. The van der Waals surface area contributed by atoms with E-state index >= 15 is 0 Å². The van der Waals surface area contributed by atoms with Gasteiger partial charge in [-0.25, -0.2) is 0 Å². The van der Waals surface area contributed by atoms with E-state index in [-0.39, 0.29) is 6.61 Å². The normalized spacial score (nSPS) is 10.7. The highest BCUT2D eigenvalue weighted by Gasteiger charge is 2.10. The fourth-order valence-electron chi connectivity index (χ4n) is 1.54. The van der Waals surface area contributed by atoms with E-state index in [0.717, 1.165) is 12.1 Å². The third-order valence-electron chi connectivity index (χ3n) is 2.36. The summed E-state index contributed by atoms with van der Waals surface area (Å²) in [5, 5.41) is 12.9. The van der Waals surface area contributed by atoms with Crippen LogP contribution in [0.4, 0.5) is 0 Å². The Balaban J connectivity index is 2.63. The second kappa shape index (κ2) is 9.39. The van der Waals surface area contributed by atoms with Gasteiger partial charge in [0.1, 0.15) is 12.4 Å². The minimum atomic E-state index is 0.00731. The van der Waals surface area contributed by atoms with Crippen molar-refractivity contribution in [2.75, 3.05) is 33.0 Å². The Bertz CT molecular complexity index is 388. The van der Waals surface area contributed by atoms with E-state index in [4.69, 9.17) is 37.8 Å². The summed E-state index contributed by atoms with van der Waals surface area (Å²) < 4.78 is 10.8. The molecule has 0 amide bonds. The Labute approximate surface area is 123 Å². The lowest BCUT2D eigenvalue weighted by Crippen LogP contribution is -2.15. The number of aliphatic hydroxyl groups is 1. The summed E-state index contributed by atoms with van der Waals surface area (Å²) in [6.45, 7) is 4.61. The third kappa shape index (κ3) is 5.97. The number of halogens is 2. The van der Waals surface area contributed by atoms with Gasteiger partial charge in [0.25, 0.3) is 0 Å². The largest absolute Gasteiger partial charge is 0.489 e. The molecule has 0 bridgehead atoms. The molecule has 4 nitrogen and oxygen atoms in total. The number of hydrogen-bond donors (Lipinski definition) is 2. The van der Waals surface area contributed by atoms with E-state index in [1.54, 1.807) is 6.07 Å². The van der Waals surface area contributed by atoms with Gasteiger partial charge in [-0.3, -0.25) is 0 Å². The predicted molar refractivity (Wildman–Crippen MR) is 77.2 cm³/mol. The van der Waals surface area contributed by atoms with Gasteiger partial charge in [0.05, 0.1) is 24.8 Å². The molecule has 0 aliphatic heterocycles. The summed E-state index contributed by atoms with van der Waals surface area (Å²) >= 11 is 12.1. The first kappa shape index (κ1) is 16.5. The van der Waals surface area contributed by atoms with Crippen LogP contribution in [-0.2, 0) is 11.3 Å². The smallest absolute Gasteiger partial charge is 0.142 e. The van der Waals surface area contributed by atoms with Crippen LogP contribution in [0.2, 0.25) is 10.0 Å². The Morgan fingerprint density at radius 1 is 1.21 bits per heavy atom. The van der Waals surface area contributed by atoms with Crippen molar-refractivity contribution >= 4 is 23.2 Å². The van der Waals surface area contributed by atoms with Crippen molar-refractivity contribution in [3.63, 3.8) is 0 Å². The molecule has 0 saturated carbocycles. The number of ether oxygens (including phenoxy) is 2. The average molecular weight is 308 g/mol. The van der Waals surface area contributed by atoms with Crippen molar-refractivity contribution in [2.45, 2.75) is 13.5 Å². The molecule has 1 aromatic rings. The molecule has 0 aliphatic carbocycles. The summed E-state index contributed by atoms with van der Waals surface area (Å²) in [6, 6.07) is 3.49. The number of aliphatic hydroxyl groups excluding tert-OH is 1. The summed E-state index contributed by atoms with van der Waals surface area (Å²) in [6.07, 6.45) is 0. The van der Waals surface area contributed by atoms with Gasteiger partial charge in [-0.15, -0.1) is 0 Å². The van der Waals surface area contributed by atoms with Crippen LogP contribution < -0.4 is 10.1 Å². The second-order valence-electron chi connectivity index (χ2n) is 3.84. The zero-order valence-corrected chi connectivity index (χ0v) is 12.4. The summed E-state index contributed by atoms with van der Waals surface area (Å²) in [4.78, 5) is 0. The van der Waals surface area contributed by atoms with Crippen molar-refractivity contribution < 1.29 is 14.6 Å². The van der Waals surface area contributed by atoms with Crippen molar-refractivity contribution in [3.05, 3.63) is 27.7 Å². The van der Waals surface area contributed by atoms with Crippen LogP contribution in [0.15, 0.2) is 12.1 Å². The van der Waals surface area contributed by atoms with E-state index in [1.807, 2.05) is 13.0 Å². The molecule has 0 aliphatic rings. The maximum atomic E-state index is 8.59. The van der Waals surface area contributed by atoms with Gasteiger partial charge < -0.3 is 19.9 Å². The Hall–Kier alpha value is -0.520. The molecule has 19 heavy (non-hydrogen) atoms. The maximum Gasteiger partial charge on any atom is 0.142 e. The van der Waals surface area contributed by atoms with Crippen LogP contribution >= 0.6 is 23.2 Å². The monoisotopic (exact) mass is 307 g/mol. The van der Waals surface area contributed by atoms with E-state index in [9.17, 15) is 0 Å². The number of rotatable bonds is 9. The second-order valence-corrected chi connectivity index (χ2v) is 4.68. The molecule has 1 rings (SSSR count).